The second-order valence-electron chi connectivity index (χ2n) is 4.48. The fraction of sp³-hybridized carbons (Fsp3) is 0.385. The van der Waals surface area contributed by atoms with Crippen molar-refractivity contribution in [2.75, 3.05) is 7.11 Å². The Morgan fingerprint density at radius 2 is 2.24 bits per heavy atom. The van der Waals surface area contributed by atoms with Crippen molar-refractivity contribution in [3.8, 4) is 0 Å². The fourth-order valence-electron chi connectivity index (χ4n) is 1.92. The highest BCUT2D eigenvalue weighted by Crippen LogP contribution is 2.10. The second kappa shape index (κ2) is 6.21. The van der Waals surface area contributed by atoms with Gasteiger partial charge in [0.25, 0.3) is 5.91 Å². The molecule has 2 aromatic rings. The number of oxazole rings is 1. The van der Waals surface area contributed by atoms with Crippen LogP contribution >= 0.6 is 0 Å². The molecular weight excluding hydrogens is 276 g/mol. The standard InChI is InChI=1S/C13H16N4O4/c1-7-11(21-8(2)16-7)12(18)17-10(13(19)20-3)4-9-5-14-6-15-9/h5-6,10H,4H2,1-3H3,(H,14,15)(H,17,18)/t10-/m0/s1. The zero-order chi connectivity index (χ0) is 15.4. The van der Waals surface area contributed by atoms with Crippen LogP contribution in [0.25, 0.3) is 0 Å². The number of carbonyl (C=O) groups excluding carboxylic acids is 2. The zero-order valence-corrected chi connectivity index (χ0v) is 12.0. The van der Waals surface area contributed by atoms with Gasteiger partial charge < -0.3 is 19.5 Å². The van der Waals surface area contributed by atoms with Crippen LogP contribution in [0.1, 0.15) is 27.8 Å². The monoisotopic (exact) mass is 292 g/mol. The summed E-state index contributed by atoms with van der Waals surface area (Å²) in [5, 5.41) is 2.58. The fourth-order valence-corrected chi connectivity index (χ4v) is 1.92. The number of esters is 1. The third-order valence-electron chi connectivity index (χ3n) is 2.88. The minimum atomic E-state index is -0.840. The highest BCUT2D eigenvalue weighted by atomic mass is 16.5. The topological polar surface area (TPSA) is 110 Å². The average Bonchev–Trinajstić information content (AvgIpc) is 3.06. The Kier molecular flexibility index (Phi) is 4.36. The van der Waals surface area contributed by atoms with Crippen LogP contribution in [0.2, 0.25) is 0 Å². The Labute approximate surface area is 120 Å². The lowest BCUT2D eigenvalue weighted by Gasteiger charge is -2.14. The average molecular weight is 292 g/mol. The van der Waals surface area contributed by atoms with Crippen LogP contribution in [0, 0.1) is 13.8 Å². The molecule has 0 aliphatic heterocycles. The maximum Gasteiger partial charge on any atom is 0.328 e. The molecule has 0 bridgehead atoms. The van der Waals surface area contributed by atoms with Crippen molar-refractivity contribution in [2.24, 2.45) is 0 Å². The van der Waals surface area contributed by atoms with Gasteiger partial charge in [0.1, 0.15) is 6.04 Å². The molecule has 2 heterocycles. The van der Waals surface area contributed by atoms with Crippen LogP contribution in [0.15, 0.2) is 16.9 Å². The van der Waals surface area contributed by atoms with Gasteiger partial charge in [-0.3, -0.25) is 4.79 Å². The first kappa shape index (κ1) is 14.8. The van der Waals surface area contributed by atoms with Crippen molar-refractivity contribution in [1.82, 2.24) is 20.3 Å². The number of aromatic amines is 1. The summed E-state index contributed by atoms with van der Waals surface area (Å²) in [5.41, 5.74) is 1.17. The van der Waals surface area contributed by atoms with E-state index in [0.717, 1.165) is 0 Å². The van der Waals surface area contributed by atoms with Gasteiger partial charge in [-0.15, -0.1) is 0 Å². The summed E-state index contributed by atoms with van der Waals surface area (Å²) >= 11 is 0. The predicted molar refractivity (Wildman–Crippen MR) is 71.5 cm³/mol. The summed E-state index contributed by atoms with van der Waals surface area (Å²) < 4.78 is 9.93. The highest BCUT2D eigenvalue weighted by molar-refractivity contribution is 5.95. The minimum absolute atomic E-state index is 0.0889. The van der Waals surface area contributed by atoms with Crippen molar-refractivity contribution in [2.45, 2.75) is 26.3 Å². The molecule has 8 heteroatoms. The molecule has 21 heavy (non-hydrogen) atoms. The highest BCUT2D eigenvalue weighted by Gasteiger charge is 2.25. The number of H-pyrrole nitrogens is 1. The number of hydrogen-bond acceptors (Lipinski definition) is 6. The molecule has 0 radical (unpaired) electrons. The van der Waals surface area contributed by atoms with E-state index in [4.69, 9.17) is 9.15 Å². The molecule has 0 unspecified atom stereocenters. The van der Waals surface area contributed by atoms with Crippen LogP contribution in [0.5, 0.6) is 0 Å². The van der Waals surface area contributed by atoms with Gasteiger partial charge >= 0.3 is 5.97 Å². The van der Waals surface area contributed by atoms with E-state index in [1.807, 2.05) is 0 Å². The molecule has 8 nitrogen and oxygen atoms in total. The number of carbonyl (C=O) groups is 2. The first-order valence-corrected chi connectivity index (χ1v) is 6.31. The van der Waals surface area contributed by atoms with Crippen molar-refractivity contribution in [3.63, 3.8) is 0 Å². The number of methoxy groups -OCH3 is 1. The number of nitrogens with one attached hydrogen (secondary N) is 2. The number of aryl methyl sites for hydroxylation is 2. The molecule has 112 valence electrons. The maximum atomic E-state index is 12.2. The zero-order valence-electron chi connectivity index (χ0n) is 12.0. The van der Waals surface area contributed by atoms with E-state index in [1.54, 1.807) is 20.0 Å². The quantitative estimate of drug-likeness (QED) is 0.778. The summed E-state index contributed by atoms with van der Waals surface area (Å²) in [5.74, 6) is -0.582. The maximum absolute atomic E-state index is 12.2. The van der Waals surface area contributed by atoms with Gasteiger partial charge in [-0.1, -0.05) is 0 Å². The summed E-state index contributed by atoms with van der Waals surface area (Å²) in [6, 6.07) is -0.840. The van der Waals surface area contributed by atoms with Gasteiger partial charge in [-0.2, -0.15) is 0 Å². The Hall–Kier alpha value is -2.64. The number of hydrogen-bond donors (Lipinski definition) is 2. The Morgan fingerprint density at radius 1 is 1.48 bits per heavy atom. The molecule has 0 spiro atoms. The summed E-state index contributed by atoms with van der Waals surface area (Å²) in [4.78, 5) is 34.7. The molecule has 1 atom stereocenters. The summed E-state index contributed by atoms with van der Waals surface area (Å²) in [7, 11) is 1.26. The van der Waals surface area contributed by atoms with Gasteiger partial charge in [0.15, 0.2) is 5.89 Å². The second-order valence-corrected chi connectivity index (χ2v) is 4.48. The van der Waals surface area contributed by atoms with Gasteiger partial charge in [-0.05, 0) is 6.92 Å². The van der Waals surface area contributed by atoms with Crippen LogP contribution in [-0.4, -0.2) is 40.0 Å². The van der Waals surface area contributed by atoms with Gasteiger partial charge in [0.05, 0.1) is 19.1 Å². The number of nitrogens with zero attached hydrogens (tertiary/aromatic N) is 2. The van der Waals surface area contributed by atoms with E-state index < -0.39 is 17.9 Å². The lowest BCUT2D eigenvalue weighted by atomic mass is 10.1. The number of ether oxygens (including phenoxy) is 1. The summed E-state index contributed by atoms with van der Waals surface area (Å²) in [6.45, 7) is 3.31. The largest absolute Gasteiger partial charge is 0.467 e. The van der Waals surface area contributed by atoms with Crippen molar-refractivity contribution >= 4 is 11.9 Å². The van der Waals surface area contributed by atoms with E-state index in [9.17, 15) is 9.59 Å². The Balaban J connectivity index is 2.13. The van der Waals surface area contributed by atoms with Crippen molar-refractivity contribution in [3.05, 3.63) is 35.6 Å². The first-order chi connectivity index (χ1) is 10.0. The molecule has 2 N–H and O–H groups in total. The Morgan fingerprint density at radius 3 is 2.76 bits per heavy atom. The van der Waals surface area contributed by atoms with Crippen LogP contribution in [0.3, 0.4) is 0 Å². The van der Waals surface area contributed by atoms with Gasteiger partial charge in [0, 0.05) is 25.2 Å². The SMILES string of the molecule is COC(=O)[C@H](Cc1cnc[nH]1)NC(=O)c1oc(C)nc1C. The van der Waals surface area contributed by atoms with Gasteiger partial charge in [-0.25, -0.2) is 14.8 Å². The predicted octanol–water partition coefficient (Wildman–Crippen LogP) is 0.529. The third-order valence-corrected chi connectivity index (χ3v) is 2.88. The van der Waals surface area contributed by atoms with Crippen LogP contribution in [-0.2, 0) is 16.0 Å². The Bertz CT molecular complexity index is 633. The molecule has 0 aromatic carbocycles. The number of aromatic nitrogens is 3. The number of rotatable bonds is 5. The molecule has 2 rings (SSSR count). The molecule has 0 aliphatic rings. The molecule has 1 amide bonds. The molecule has 0 aliphatic carbocycles. The van der Waals surface area contributed by atoms with Crippen molar-refractivity contribution in [1.29, 1.82) is 0 Å². The van der Waals surface area contributed by atoms with E-state index in [-0.39, 0.29) is 12.2 Å². The lowest BCUT2D eigenvalue weighted by molar-refractivity contribution is -0.142. The number of amides is 1. The van der Waals surface area contributed by atoms with Crippen LogP contribution < -0.4 is 5.32 Å². The third kappa shape index (κ3) is 3.47. The summed E-state index contributed by atoms with van der Waals surface area (Å²) in [6.07, 6.45) is 3.31. The lowest BCUT2D eigenvalue weighted by Crippen LogP contribution is -2.43. The smallest absolute Gasteiger partial charge is 0.328 e. The van der Waals surface area contributed by atoms with Crippen LogP contribution in [0.4, 0.5) is 0 Å². The molecular formula is C13H16N4O4. The first-order valence-electron chi connectivity index (χ1n) is 6.31. The van der Waals surface area contributed by atoms with E-state index >= 15 is 0 Å². The molecule has 2 aromatic heterocycles. The van der Waals surface area contributed by atoms with E-state index in [1.165, 1.54) is 13.4 Å². The normalized spacial score (nSPS) is 12.0. The molecule has 0 saturated carbocycles. The van der Waals surface area contributed by atoms with E-state index in [2.05, 4.69) is 20.3 Å². The number of imidazole rings is 1. The molecule has 0 fully saturated rings. The van der Waals surface area contributed by atoms with Gasteiger partial charge in [0.2, 0.25) is 5.76 Å². The molecule has 0 saturated heterocycles. The minimum Gasteiger partial charge on any atom is -0.467 e. The van der Waals surface area contributed by atoms with Crippen molar-refractivity contribution < 1.29 is 18.7 Å². The van der Waals surface area contributed by atoms with E-state index in [0.29, 0.717) is 17.3 Å².